The van der Waals surface area contributed by atoms with Crippen molar-refractivity contribution in [2.45, 2.75) is 4.21 Å². The highest BCUT2D eigenvalue weighted by Gasteiger charge is 2.51. The van der Waals surface area contributed by atoms with E-state index < -0.39 is 7.26 Å². The predicted molar refractivity (Wildman–Crippen MR) is 140 cm³/mol. The summed E-state index contributed by atoms with van der Waals surface area (Å²) in [6.07, 6.45) is 0. The van der Waals surface area contributed by atoms with Crippen molar-refractivity contribution in [2.75, 3.05) is 0 Å². The number of aromatic nitrogens is 1. The van der Waals surface area contributed by atoms with E-state index in [1.165, 1.54) is 15.9 Å². The zero-order valence-electron chi connectivity index (χ0n) is 16.8. The van der Waals surface area contributed by atoms with Gasteiger partial charge in [-0.05, 0) is 36.4 Å². The third-order valence-corrected chi connectivity index (χ3v) is 11.3. The van der Waals surface area contributed by atoms with Gasteiger partial charge in [0.15, 0.2) is 7.26 Å². The summed E-state index contributed by atoms with van der Waals surface area (Å²) in [4.78, 5) is 5.27. The molecule has 1 aromatic heterocycles. The lowest BCUT2D eigenvalue weighted by Crippen LogP contribution is -2.39. The third kappa shape index (κ3) is 3.64. The van der Waals surface area contributed by atoms with E-state index in [1.54, 1.807) is 11.3 Å². The van der Waals surface area contributed by atoms with Crippen LogP contribution >= 0.6 is 31.2 Å². The van der Waals surface area contributed by atoms with Crippen LogP contribution in [0.3, 0.4) is 0 Å². The average molecular weight is 455 g/mol. The van der Waals surface area contributed by atoms with Gasteiger partial charge in [0.05, 0.1) is 0 Å². The molecule has 0 saturated carbocycles. The first-order valence-corrected chi connectivity index (χ1v) is 13.2. The molecule has 31 heavy (non-hydrogen) atoms. The second kappa shape index (κ2) is 8.80. The fourth-order valence-electron chi connectivity index (χ4n) is 4.00. The lowest BCUT2D eigenvalue weighted by atomic mass is 10.2. The summed E-state index contributed by atoms with van der Waals surface area (Å²) in [5.74, 6) is 0. The Morgan fingerprint density at radius 1 is 0.548 bits per heavy atom. The van der Waals surface area contributed by atoms with E-state index in [1.807, 2.05) is 6.07 Å². The molecule has 1 nitrogen and oxygen atoms in total. The van der Waals surface area contributed by atoms with Crippen LogP contribution in [0.1, 0.15) is 0 Å². The number of nitrogens with zero attached hydrogens (tertiary/aromatic N) is 1. The average Bonchev–Trinajstić information content (AvgIpc) is 3.24. The van der Waals surface area contributed by atoms with Crippen LogP contribution in [0.5, 0.6) is 0 Å². The zero-order chi connectivity index (χ0) is 21.1. The fourth-order valence-corrected chi connectivity index (χ4v) is 10.1. The summed E-state index contributed by atoms with van der Waals surface area (Å²) in [5.41, 5.74) is 2.20. The molecule has 0 N–H and O–H groups in total. The maximum Gasteiger partial charge on any atom is 0.223 e. The van der Waals surface area contributed by atoms with Crippen molar-refractivity contribution < 1.29 is 0 Å². The molecule has 0 amide bonds. The van der Waals surface area contributed by atoms with Gasteiger partial charge in [-0.1, -0.05) is 84.9 Å². The molecule has 0 radical (unpaired) electrons. The van der Waals surface area contributed by atoms with Crippen LogP contribution in [0.2, 0.25) is 0 Å². The number of thiol groups is 1. The summed E-state index contributed by atoms with van der Waals surface area (Å²) < 4.78 is 0.976. The SMILES string of the molecule is Sc1sc(-c2ccccc2)nc1[P+](c1ccccc1)(c1ccccc1)c1ccccc1. The maximum atomic E-state index is 5.27. The summed E-state index contributed by atoms with van der Waals surface area (Å²) in [6, 6.07) is 42.8. The van der Waals surface area contributed by atoms with E-state index in [0.29, 0.717) is 0 Å². The molecule has 1 heterocycles. The number of benzene rings is 4. The smallest absolute Gasteiger partial charge is 0.200 e. The van der Waals surface area contributed by atoms with Gasteiger partial charge < -0.3 is 0 Å². The molecule has 0 saturated heterocycles. The minimum atomic E-state index is -2.22. The van der Waals surface area contributed by atoms with Crippen LogP contribution in [0.15, 0.2) is 126 Å². The molecule has 0 atom stereocenters. The molecule has 0 spiro atoms. The topological polar surface area (TPSA) is 12.9 Å². The number of rotatable bonds is 5. The Morgan fingerprint density at radius 2 is 0.935 bits per heavy atom. The summed E-state index contributed by atoms with van der Waals surface area (Å²) >= 11 is 6.66. The Bertz CT molecular complexity index is 1170. The molecule has 0 fully saturated rings. The van der Waals surface area contributed by atoms with Crippen molar-refractivity contribution >= 4 is 52.6 Å². The Labute approximate surface area is 193 Å². The van der Waals surface area contributed by atoms with Crippen molar-refractivity contribution in [3.63, 3.8) is 0 Å². The van der Waals surface area contributed by atoms with Gasteiger partial charge >= 0.3 is 0 Å². The summed E-state index contributed by atoms with van der Waals surface area (Å²) in [5, 5.41) is 4.86. The molecular weight excluding hydrogens is 433 g/mol. The van der Waals surface area contributed by atoms with Gasteiger partial charge in [0.1, 0.15) is 25.1 Å². The van der Waals surface area contributed by atoms with Crippen LogP contribution in [0, 0.1) is 0 Å². The van der Waals surface area contributed by atoms with Crippen LogP contribution in [0.25, 0.3) is 10.6 Å². The molecule has 0 aliphatic rings. The maximum absolute atomic E-state index is 5.27. The van der Waals surface area contributed by atoms with Crippen LogP contribution in [0.4, 0.5) is 0 Å². The highest BCUT2D eigenvalue weighted by atomic mass is 32.2. The van der Waals surface area contributed by atoms with Crippen molar-refractivity contribution in [3.8, 4) is 10.6 Å². The normalized spacial score (nSPS) is 11.4. The van der Waals surface area contributed by atoms with Gasteiger partial charge in [-0.2, -0.15) is 4.98 Å². The van der Waals surface area contributed by atoms with Gasteiger partial charge in [0.25, 0.3) is 0 Å². The van der Waals surface area contributed by atoms with E-state index in [4.69, 9.17) is 17.6 Å². The van der Waals surface area contributed by atoms with Gasteiger partial charge in [-0.3, -0.25) is 0 Å². The van der Waals surface area contributed by atoms with Gasteiger partial charge in [-0.25, -0.2) is 0 Å². The second-order valence-corrected chi connectivity index (χ2v) is 12.3. The molecule has 0 unspecified atom stereocenters. The molecule has 150 valence electrons. The zero-order valence-corrected chi connectivity index (χ0v) is 19.4. The van der Waals surface area contributed by atoms with E-state index in [2.05, 4.69) is 115 Å². The number of hydrogen-bond donors (Lipinski definition) is 1. The highest BCUT2D eigenvalue weighted by Crippen LogP contribution is 2.56. The quantitative estimate of drug-likeness (QED) is 0.265. The molecule has 5 aromatic rings. The molecule has 0 aliphatic heterocycles. The lowest BCUT2D eigenvalue weighted by molar-refractivity contribution is 1.44. The fraction of sp³-hybridized carbons (Fsp3) is 0. The van der Waals surface area contributed by atoms with Gasteiger partial charge in [0, 0.05) is 5.56 Å². The van der Waals surface area contributed by atoms with Crippen LogP contribution < -0.4 is 21.3 Å². The largest absolute Gasteiger partial charge is 0.223 e. The Balaban J connectivity index is 1.87. The van der Waals surface area contributed by atoms with E-state index in [9.17, 15) is 0 Å². The van der Waals surface area contributed by atoms with Crippen molar-refractivity contribution in [1.82, 2.24) is 4.98 Å². The minimum Gasteiger partial charge on any atom is -0.200 e. The number of hydrogen-bond acceptors (Lipinski definition) is 3. The molecular formula is C27H21NPS2+. The highest BCUT2D eigenvalue weighted by molar-refractivity contribution is 8.02. The lowest BCUT2D eigenvalue weighted by Gasteiger charge is -2.25. The van der Waals surface area contributed by atoms with E-state index >= 15 is 0 Å². The molecule has 4 aromatic carbocycles. The first-order chi connectivity index (χ1) is 15.3. The first kappa shape index (κ1) is 20.2. The third-order valence-electron chi connectivity index (χ3n) is 5.36. The van der Waals surface area contributed by atoms with E-state index in [0.717, 1.165) is 20.2 Å². The Hall–Kier alpha value is -2.71. The minimum absolute atomic E-state index is 0.976. The van der Waals surface area contributed by atoms with Gasteiger partial charge in [-0.15, -0.1) is 24.0 Å². The molecule has 0 aliphatic carbocycles. The van der Waals surface area contributed by atoms with Crippen molar-refractivity contribution in [3.05, 3.63) is 121 Å². The van der Waals surface area contributed by atoms with Crippen molar-refractivity contribution in [2.24, 2.45) is 0 Å². The standard InChI is InChI=1S/C27H20NPS2/c30-27-25(28-26(31-27)21-13-5-1-6-14-21)29(22-15-7-2-8-16-22,23-17-9-3-10-18-23)24-19-11-4-12-20-24/h1-20H/p+1. The van der Waals surface area contributed by atoms with E-state index in [-0.39, 0.29) is 0 Å². The first-order valence-electron chi connectivity index (χ1n) is 10.1. The Kier molecular flexibility index (Phi) is 5.74. The summed E-state index contributed by atoms with van der Waals surface area (Å²) in [7, 11) is -2.22. The molecule has 5 rings (SSSR count). The predicted octanol–water partition coefficient (Wildman–Crippen LogP) is 5.72. The van der Waals surface area contributed by atoms with Gasteiger partial charge in [0.2, 0.25) is 5.44 Å². The van der Waals surface area contributed by atoms with Crippen molar-refractivity contribution in [1.29, 1.82) is 0 Å². The molecule has 0 bridgehead atoms. The Morgan fingerprint density at radius 3 is 1.35 bits per heavy atom. The summed E-state index contributed by atoms with van der Waals surface area (Å²) in [6.45, 7) is 0. The van der Waals surface area contributed by atoms with Crippen LogP contribution in [-0.2, 0) is 0 Å². The molecule has 4 heteroatoms. The van der Waals surface area contributed by atoms with Crippen LogP contribution in [-0.4, -0.2) is 4.98 Å². The second-order valence-electron chi connectivity index (χ2n) is 7.19. The number of thiazole rings is 1. The monoisotopic (exact) mass is 454 g/mol.